The van der Waals surface area contributed by atoms with Crippen LogP contribution in [0.3, 0.4) is 0 Å². The molecule has 0 saturated heterocycles. The van der Waals surface area contributed by atoms with E-state index in [0.29, 0.717) is 17.3 Å². The van der Waals surface area contributed by atoms with Crippen LogP contribution in [0.25, 0.3) is 22.8 Å². The minimum absolute atomic E-state index is 0.525. The summed E-state index contributed by atoms with van der Waals surface area (Å²) in [6.45, 7) is 0. The van der Waals surface area contributed by atoms with Crippen molar-refractivity contribution < 1.29 is 0 Å². The van der Waals surface area contributed by atoms with E-state index in [9.17, 15) is 0 Å². The molecule has 0 aliphatic carbocycles. The highest BCUT2D eigenvalue weighted by atomic mass is 79.9. The molecule has 0 spiro atoms. The van der Waals surface area contributed by atoms with Gasteiger partial charge in [-0.2, -0.15) is 0 Å². The third kappa shape index (κ3) is 3.07. The highest BCUT2D eigenvalue weighted by Crippen LogP contribution is 2.23. The Labute approximate surface area is 130 Å². The quantitative estimate of drug-likeness (QED) is 0.564. The highest BCUT2D eigenvalue weighted by molar-refractivity contribution is 9.10. The van der Waals surface area contributed by atoms with Gasteiger partial charge >= 0.3 is 0 Å². The number of hydrogen-bond donors (Lipinski definition) is 2. The van der Waals surface area contributed by atoms with Crippen molar-refractivity contribution in [2.45, 2.75) is 0 Å². The molecule has 6 heteroatoms. The number of nitrogens with one attached hydrogen (secondary N) is 1. The molecule has 1 aromatic carbocycles. The van der Waals surface area contributed by atoms with Crippen LogP contribution < -0.4 is 11.3 Å². The number of hydrogen-bond acceptors (Lipinski definition) is 5. The third-order valence-electron chi connectivity index (χ3n) is 2.90. The summed E-state index contributed by atoms with van der Waals surface area (Å²) < 4.78 is 0.905. The van der Waals surface area contributed by atoms with Gasteiger partial charge in [0, 0.05) is 22.3 Å². The first-order valence-electron chi connectivity index (χ1n) is 6.29. The monoisotopic (exact) mass is 341 g/mol. The summed E-state index contributed by atoms with van der Waals surface area (Å²) in [6, 6.07) is 15.4. The van der Waals surface area contributed by atoms with Crippen molar-refractivity contribution in [1.29, 1.82) is 0 Å². The van der Waals surface area contributed by atoms with Crippen molar-refractivity contribution in [3.05, 3.63) is 59.2 Å². The number of nitrogen functional groups attached to an aromatic ring is 1. The van der Waals surface area contributed by atoms with Gasteiger partial charge < -0.3 is 5.43 Å². The van der Waals surface area contributed by atoms with Crippen LogP contribution in [-0.2, 0) is 0 Å². The Morgan fingerprint density at radius 1 is 0.952 bits per heavy atom. The number of anilines is 1. The maximum atomic E-state index is 5.50. The zero-order valence-electron chi connectivity index (χ0n) is 11.0. The van der Waals surface area contributed by atoms with E-state index in [4.69, 9.17) is 5.84 Å². The molecule has 21 heavy (non-hydrogen) atoms. The molecule has 0 atom stereocenters. The smallest absolute Gasteiger partial charge is 0.180 e. The molecule has 0 fully saturated rings. The van der Waals surface area contributed by atoms with E-state index in [1.165, 1.54) is 0 Å². The molecular formula is C15H12BrN5. The maximum Gasteiger partial charge on any atom is 0.180 e. The topological polar surface area (TPSA) is 76.7 Å². The fraction of sp³-hybridized carbons (Fsp3) is 0. The van der Waals surface area contributed by atoms with Crippen LogP contribution >= 0.6 is 15.9 Å². The Morgan fingerprint density at radius 2 is 1.76 bits per heavy atom. The summed E-state index contributed by atoms with van der Waals surface area (Å²) in [7, 11) is 0. The number of nitrogens with two attached hydrogens (primary N) is 1. The molecule has 2 heterocycles. The minimum atomic E-state index is 0.525. The van der Waals surface area contributed by atoms with Crippen LogP contribution in [0, 0.1) is 0 Å². The van der Waals surface area contributed by atoms with Crippen LogP contribution in [0.5, 0.6) is 0 Å². The summed E-state index contributed by atoms with van der Waals surface area (Å²) >= 11 is 3.36. The Bertz CT molecular complexity index is 744. The van der Waals surface area contributed by atoms with Crippen molar-refractivity contribution in [2.24, 2.45) is 5.84 Å². The fourth-order valence-corrected chi connectivity index (χ4v) is 2.14. The van der Waals surface area contributed by atoms with Gasteiger partial charge in [0.15, 0.2) is 5.82 Å². The molecule has 0 aliphatic heterocycles. The van der Waals surface area contributed by atoms with E-state index in [-0.39, 0.29) is 0 Å². The molecule has 0 unspecified atom stereocenters. The van der Waals surface area contributed by atoms with Crippen molar-refractivity contribution in [2.75, 3.05) is 5.43 Å². The van der Waals surface area contributed by atoms with Gasteiger partial charge in [-0.1, -0.05) is 30.3 Å². The largest absolute Gasteiger partial charge is 0.308 e. The van der Waals surface area contributed by atoms with E-state index in [0.717, 1.165) is 15.7 Å². The minimum Gasteiger partial charge on any atom is -0.308 e. The van der Waals surface area contributed by atoms with Gasteiger partial charge in [-0.05, 0) is 28.1 Å². The zero-order chi connectivity index (χ0) is 14.7. The first-order valence-corrected chi connectivity index (χ1v) is 7.08. The second-order valence-corrected chi connectivity index (χ2v) is 5.25. The number of aromatic nitrogens is 3. The lowest BCUT2D eigenvalue weighted by atomic mass is 10.1. The van der Waals surface area contributed by atoms with E-state index in [2.05, 4.69) is 36.3 Å². The second-order valence-electron chi connectivity index (χ2n) is 4.33. The fourth-order valence-electron chi connectivity index (χ4n) is 1.90. The summed E-state index contributed by atoms with van der Waals surface area (Å²) in [4.78, 5) is 13.2. The van der Waals surface area contributed by atoms with Gasteiger partial charge in [-0.3, -0.25) is 4.98 Å². The van der Waals surface area contributed by atoms with Crippen molar-refractivity contribution in [1.82, 2.24) is 15.0 Å². The van der Waals surface area contributed by atoms with E-state index in [1.54, 1.807) is 12.3 Å². The van der Waals surface area contributed by atoms with Crippen molar-refractivity contribution >= 4 is 21.7 Å². The predicted octanol–water partition coefficient (Wildman–Crippen LogP) is 3.25. The molecule has 0 aliphatic rings. The number of nitrogens with zero attached hydrogens (tertiary/aromatic N) is 3. The summed E-state index contributed by atoms with van der Waals surface area (Å²) in [5.41, 5.74) is 5.04. The molecule has 104 valence electrons. The summed E-state index contributed by atoms with van der Waals surface area (Å²) in [5.74, 6) is 6.57. The molecule has 3 N–H and O–H groups in total. The first kappa shape index (κ1) is 13.7. The normalized spacial score (nSPS) is 10.4. The molecule has 0 radical (unpaired) electrons. The molecular weight excluding hydrogens is 330 g/mol. The lowest BCUT2D eigenvalue weighted by Gasteiger charge is -2.07. The molecule has 2 aromatic heterocycles. The molecule has 5 nitrogen and oxygen atoms in total. The average Bonchev–Trinajstić information content (AvgIpc) is 2.56. The Morgan fingerprint density at radius 3 is 2.43 bits per heavy atom. The van der Waals surface area contributed by atoms with Crippen LogP contribution in [0.4, 0.5) is 5.82 Å². The van der Waals surface area contributed by atoms with E-state index < -0.39 is 0 Å². The highest BCUT2D eigenvalue weighted by Gasteiger charge is 2.09. The lowest BCUT2D eigenvalue weighted by Crippen LogP contribution is -2.10. The predicted molar refractivity (Wildman–Crippen MR) is 86.2 cm³/mol. The number of rotatable bonds is 3. The van der Waals surface area contributed by atoms with Gasteiger partial charge in [-0.25, -0.2) is 15.8 Å². The lowest BCUT2D eigenvalue weighted by molar-refractivity contribution is 1.12. The van der Waals surface area contributed by atoms with Crippen molar-refractivity contribution in [3.63, 3.8) is 0 Å². The average molecular weight is 342 g/mol. The number of benzene rings is 1. The van der Waals surface area contributed by atoms with E-state index in [1.807, 2.05) is 42.5 Å². The first-order chi connectivity index (χ1) is 10.3. The molecule has 3 rings (SSSR count). The third-order valence-corrected chi connectivity index (χ3v) is 3.37. The maximum absolute atomic E-state index is 5.50. The zero-order valence-corrected chi connectivity index (χ0v) is 12.6. The molecule has 0 bridgehead atoms. The summed E-state index contributed by atoms with van der Waals surface area (Å²) in [5, 5.41) is 0. The Balaban J connectivity index is 2.11. The van der Waals surface area contributed by atoms with Crippen molar-refractivity contribution in [3.8, 4) is 22.8 Å². The van der Waals surface area contributed by atoms with Gasteiger partial charge in [0.05, 0.1) is 5.69 Å². The molecule has 3 aromatic rings. The standard InChI is InChI=1S/C15H12BrN5/c16-11-6-7-12(18-9-11)15-19-13(8-14(20-15)21-17)10-4-2-1-3-5-10/h1-9H,17H2,(H,19,20,21). The van der Waals surface area contributed by atoms with Crippen LogP contribution in [0.2, 0.25) is 0 Å². The molecule has 0 saturated carbocycles. The van der Waals surface area contributed by atoms with Crippen LogP contribution in [0.15, 0.2) is 59.2 Å². The van der Waals surface area contributed by atoms with Gasteiger partial charge in [0.1, 0.15) is 11.5 Å². The Kier molecular flexibility index (Phi) is 3.89. The molecule has 0 amide bonds. The summed E-state index contributed by atoms with van der Waals surface area (Å²) in [6.07, 6.45) is 1.71. The second kappa shape index (κ2) is 5.99. The number of pyridine rings is 1. The number of hydrazine groups is 1. The van der Waals surface area contributed by atoms with Gasteiger partial charge in [-0.15, -0.1) is 0 Å². The van der Waals surface area contributed by atoms with Crippen LogP contribution in [0.1, 0.15) is 0 Å². The van der Waals surface area contributed by atoms with E-state index >= 15 is 0 Å². The Hall–Kier alpha value is -2.31. The SMILES string of the molecule is NNc1cc(-c2ccccc2)nc(-c2ccc(Br)cn2)n1. The van der Waals surface area contributed by atoms with Crippen LogP contribution in [-0.4, -0.2) is 15.0 Å². The number of halogens is 1. The van der Waals surface area contributed by atoms with Gasteiger partial charge in [0.25, 0.3) is 0 Å². The van der Waals surface area contributed by atoms with Gasteiger partial charge in [0.2, 0.25) is 0 Å².